The van der Waals surface area contributed by atoms with Gasteiger partial charge in [0.1, 0.15) is 0 Å². The van der Waals surface area contributed by atoms with E-state index in [2.05, 4.69) is 0 Å². The Morgan fingerprint density at radius 1 is 1.56 bits per heavy atom. The molecule has 1 N–H and O–H groups in total. The van der Waals surface area contributed by atoms with Gasteiger partial charge in [-0.3, -0.25) is 4.90 Å². The number of hydrogen-bond donors (Lipinski definition) is 1. The highest BCUT2D eigenvalue weighted by atomic mass is 16.5. The number of rotatable bonds is 2. The number of carbonyl (C=O) groups is 2. The number of fused-ring (bicyclic) bond motifs is 2. The number of ether oxygens (including phenoxy) is 1. The number of nitrogens with zero attached hydrogens (tertiary/aromatic N) is 1. The summed E-state index contributed by atoms with van der Waals surface area (Å²) in [4.78, 5) is 23.8. The van der Waals surface area contributed by atoms with E-state index in [9.17, 15) is 9.59 Å². The van der Waals surface area contributed by atoms with Gasteiger partial charge in [0.2, 0.25) is 0 Å². The van der Waals surface area contributed by atoms with Crippen LogP contribution in [0.2, 0.25) is 0 Å². The SMILES string of the molecule is CCOC(=O)/C=C1/C[C@H]2CC[C@@H]1N2C(=O)O. The van der Waals surface area contributed by atoms with Gasteiger partial charge in [-0.15, -0.1) is 0 Å². The monoisotopic (exact) mass is 225 g/mol. The first-order valence-corrected chi connectivity index (χ1v) is 5.52. The van der Waals surface area contributed by atoms with Crippen molar-refractivity contribution in [2.75, 3.05) is 6.61 Å². The molecule has 2 aliphatic rings. The van der Waals surface area contributed by atoms with Gasteiger partial charge < -0.3 is 9.84 Å². The Balaban J connectivity index is 2.11. The van der Waals surface area contributed by atoms with Crippen LogP contribution in [0.25, 0.3) is 0 Å². The first-order valence-electron chi connectivity index (χ1n) is 5.52. The lowest BCUT2D eigenvalue weighted by atomic mass is 9.95. The largest absolute Gasteiger partial charge is 0.465 e. The summed E-state index contributed by atoms with van der Waals surface area (Å²) in [6.07, 6.45) is 2.97. The lowest BCUT2D eigenvalue weighted by Gasteiger charge is -2.17. The Morgan fingerprint density at radius 2 is 2.31 bits per heavy atom. The third-order valence-corrected chi connectivity index (χ3v) is 3.21. The summed E-state index contributed by atoms with van der Waals surface area (Å²) in [5, 5.41) is 9.03. The predicted octanol–water partition coefficient (Wildman–Crippen LogP) is 1.39. The zero-order valence-electron chi connectivity index (χ0n) is 9.18. The topological polar surface area (TPSA) is 66.8 Å². The molecule has 2 aliphatic heterocycles. The van der Waals surface area contributed by atoms with Gasteiger partial charge in [-0.05, 0) is 31.8 Å². The molecule has 0 aliphatic carbocycles. The van der Waals surface area contributed by atoms with E-state index in [-0.39, 0.29) is 18.1 Å². The quantitative estimate of drug-likeness (QED) is 0.569. The van der Waals surface area contributed by atoms with Gasteiger partial charge in [-0.2, -0.15) is 0 Å². The molecule has 2 saturated heterocycles. The van der Waals surface area contributed by atoms with Crippen molar-refractivity contribution >= 4 is 12.1 Å². The Morgan fingerprint density at radius 3 is 2.88 bits per heavy atom. The highest BCUT2D eigenvalue weighted by Crippen LogP contribution is 2.41. The molecule has 2 heterocycles. The molecule has 0 unspecified atom stereocenters. The molecule has 2 rings (SSSR count). The van der Waals surface area contributed by atoms with E-state index >= 15 is 0 Å². The first kappa shape index (κ1) is 11.0. The zero-order chi connectivity index (χ0) is 11.7. The zero-order valence-corrected chi connectivity index (χ0v) is 9.18. The number of carboxylic acid groups (broad SMARTS) is 1. The second-order valence-electron chi connectivity index (χ2n) is 4.11. The van der Waals surface area contributed by atoms with E-state index in [0.717, 1.165) is 18.4 Å². The third kappa shape index (κ3) is 1.77. The lowest BCUT2D eigenvalue weighted by Crippen LogP contribution is -2.33. The molecule has 1 amide bonds. The van der Waals surface area contributed by atoms with Crippen LogP contribution in [-0.4, -0.2) is 40.8 Å². The van der Waals surface area contributed by atoms with Crippen molar-refractivity contribution in [3.05, 3.63) is 11.6 Å². The van der Waals surface area contributed by atoms with Gasteiger partial charge in [0.25, 0.3) is 0 Å². The van der Waals surface area contributed by atoms with Crippen LogP contribution in [0.3, 0.4) is 0 Å². The molecule has 0 spiro atoms. The van der Waals surface area contributed by atoms with Crippen LogP contribution in [0.5, 0.6) is 0 Å². The van der Waals surface area contributed by atoms with E-state index < -0.39 is 6.09 Å². The van der Waals surface area contributed by atoms with Gasteiger partial charge in [-0.25, -0.2) is 9.59 Å². The van der Waals surface area contributed by atoms with Gasteiger partial charge in [-0.1, -0.05) is 0 Å². The normalized spacial score (nSPS) is 29.8. The molecule has 0 saturated carbocycles. The van der Waals surface area contributed by atoms with Crippen molar-refractivity contribution < 1.29 is 19.4 Å². The van der Waals surface area contributed by atoms with Crippen molar-refractivity contribution in [3.63, 3.8) is 0 Å². The van der Waals surface area contributed by atoms with Crippen LogP contribution in [0, 0.1) is 0 Å². The summed E-state index contributed by atoms with van der Waals surface area (Å²) in [6.45, 7) is 2.10. The highest BCUT2D eigenvalue weighted by Gasteiger charge is 2.45. The van der Waals surface area contributed by atoms with Crippen molar-refractivity contribution in [3.8, 4) is 0 Å². The number of hydrogen-bond acceptors (Lipinski definition) is 3. The van der Waals surface area contributed by atoms with Crippen LogP contribution in [0.1, 0.15) is 26.2 Å². The summed E-state index contributed by atoms with van der Waals surface area (Å²) in [5.41, 5.74) is 0.900. The van der Waals surface area contributed by atoms with Gasteiger partial charge in [0.05, 0.1) is 12.6 Å². The smallest absolute Gasteiger partial charge is 0.408 e. The molecule has 2 fully saturated rings. The highest BCUT2D eigenvalue weighted by molar-refractivity contribution is 5.83. The van der Waals surface area contributed by atoms with E-state index in [1.807, 2.05) is 0 Å². The van der Waals surface area contributed by atoms with Crippen molar-refractivity contribution in [2.45, 2.75) is 38.3 Å². The average molecular weight is 225 g/mol. The fourth-order valence-corrected chi connectivity index (χ4v) is 2.64. The molecule has 0 radical (unpaired) electrons. The minimum absolute atomic E-state index is 0.0585. The molecule has 5 heteroatoms. The third-order valence-electron chi connectivity index (χ3n) is 3.21. The average Bonchev–Trinajstić information content (AvgIpc) is 2.74. The van der Waals surface area contributed by atoms with Crippen molar-refractivity contribution in [2.24, 2.45) is 0 Å². The van der Waals surface area contributed by atoms with E-state index in [1.165, 1.54) is 11.0 Å². The number of amides is 1. The molecule has 2 atom stereocenters. The maximum Gasteiger partial charge on any atom is 0.408 e. The fraction of sp³-hybridized carbons (Fsp3) is 0.636. The predicted molar refractivity (Wildman–Crippen MR) is 56.0 cm³/mol. The first-order chi connectivity index (χ1) is 7.63. The molecule has 0 aromatic heterocycles. The second-order valence-corrected chi connectivity index (χ2v) is 4.11. The molecule has 16 heavy (non-hydrogen) atoms. The summed E-state index contributed by atoms with van der Waals surface area (Å²) < 4.78 is 4.83. The molecule has 88 valence electrons. The van der Waals surface area contributed by atoms with Gasteiger partial charge in [0.15, 0.2) is 0 Å². The van der Waals surface area contributed by atoms with Crippen LogP contribution in [-0.2, 0) is 9.53 Å². The van der Waals surface area contributed by atoms with E-state index in [0.29, 0.717) is 13.0 Å². The molecule has 0 aromatic rings. The number of esters is 1. The molecule has 2 bridgehead atoms. The van der Waals surface area contributed by atoms with Crippen LogP contribution in [0.15, 0.2) is 11.6 Å². The summed E-state index contributed by atoms with van der Waals surface area (Å²) in [7, 11) is 0. The summed E-state index contributed by atoms with van der Waals surface area (Å²) >= 11 is 0. The Bertz CT molecular complexity index is 350. The van der Waals surface area contributed by atoms with Gasteiger partial charge >= 0.3 is 12.1 Å². The number of carbonyl (C=O) groups excluding carboxylic acids is 1. The maximum atomic E-state index is 11.3. The van der Waals surface area contributed by atoms with Crippen LogP contribution < -0.4 is 0 Å². The van der Waals surface area contributed by atoms with Crippen molar-refractivity contribution in [1.29, 1.82) is 0 Å². The van der Waals surface area contributed by atoms with E-state index in [1.54, 1.807) is 6.92 Å². The maximum absolute atomic E-state index is 11.3. The minimum atomic E-state index is -0.889. The summed E-state index contributed by atoms with van der Waals surface area (Å²) in [6, 6.07) is -0.0462. The minimum Gasteiger partial charge on any atom is -0.465 e. The molecular weight excluding hydrogens is 210 g/mol. The molecular formula is C11H15NO4. The Hall–Kier alpha value is -1.52. The molecule has 0 aromatic carbocycles. The second kappa shape index (κ2) is 4.15. The van der Waals surface area contributed by atoms with Crippen LogP contribution in [0.4, 0.5) is 4.79 Å². The van der Waals surface area contributed by atoms with Crippen LogP contribution >= 0.6 is 0 Å². The van der Waals surface area contributed by atoms with E-state index in [4.69, 9.17) is 9.84 Å². The van der Waals surface area contributed by atoms with Crippen molar-refractivity contribution in [1.82, 2.24) is 4.90 Å². The Kier molecular flexibility index (Phi) is 2.85. The summed E-state index contributed by atoms with van der Waals surface area (Å²) in [5.74, 6) is -0.365. The Labute approximate surface area is 93.7 Å². The lowest BCUT2D eigenvalue weighted by molar-refractivity contribution is -0.137. The molecule has 5 nitrogen and oxygen atoms in total. The standard InChI is InChI=1S/C11H15NO4/c1-2-16-10(13)6-7-5-8-3-4-9(7)12(8)11(14)15/h6,8-9H,2-5H2,1H3,(H,14,15)/b7-6-/t8-,9+/m1/s1. The van der Waals surface area contributed by atoms with Gasteiger partial charge in [0, 0.05) is 12.1 Å². The fourth-order valence-electron chi connectivity index (χ4n) is 2.64.